The number of hydrogen-bond acceptors (Lipinski definition) is 3. The molecule has 1 aromatic carbocycles. The number of rotatable bonds is 4. The van der Waals surface area contributed by atoms with Gasteiger partial charge in [0, 0.05) is 17.2 Å². The lowest BCUT2D eigenvalue weighted by Crippen LogP contribution is -3.00. The summed E-state index contributed by atoms with van der Waals surface area (Å²) in [6, 6.07) is 10.7. The molecule has 0 spiro atoms. The number of nitrogens with zero attached hydrogens (tertiary/aromatic N) is 1. The number of halogens is 1. The summed E-state index contributed by atoms with van der Waals surface area (Å²) in [4.78, 5) is 24.0. The summed E-state index contributed by atoms with van der Waals surface area (Å²) < 4.78 is 7.20. The molecule has 2 rings (SSSR count). The van der Waals surface area contributed by atoms with Gasteiger partial charge in [0.2, 0.25) is 5.91 Å². The Morgan fingerprint density at radius 1 is 0.853 bits per heavy atom. The minimum Gasteiger partial charge on any atom is -1.00 e. The summed E-state index contributed by atoms with van der Waals surface area (Å²) in [5, 5.41) is 0. The molecule has 0 aliphatic heterocycles. The molecule has 7 heteroatoms. The van der Waals surface area contributed by atoms with Gasteiger partial charge in [0.25, 0.3) is 0 Å². The second kappa shape index (κ2) is 11.3. The topological polar surface area (TPSA) is 71.3 Å². The maximum absolute atomic E-state index is 12.3. The van der Waals surface area contributed by atoms with E-state index in [0.717, 1.165) is 5.56 Å². The van der Waals surface area contributed by atoms with Crippen LogP contribution in [0.5, 0.6) is 0 Å². The number of carbonyl (C=O) groups is 2. The Hall–Kier alpha value is -2.41. The zero-order chi connectivity index (χ0) is 25.0. The van der Waals surface area contributed by atoms with Gasteiger partial charge in [0.05, 0.1) is 6.42 Å². The number of hydrazine groups is 1. The summed E-state index contributed by atoms with van der Waals surface area (Å²) in [5.74, 6) is -0.316. The van der Waals surface area contributed by atoms with Crippen LogP contribution in [0.15, 0.2) is 42.7 Å². The van der Waals surface area contributed by atoms with Crippen molar-refractivity contribution < 1.29 is 35.9 Å². The third-order valence-electron chi connectivity index (χ3n) is 5.08. The smallest absolute Gasteiger partial charge is 0.426 e. The summed E-state index contributed by atoms with van der Waals surface area (Å²) in [5.41, 5.74) is 8.88. The predicted molar refractivity (Wildman–Crippen MR) is 131 cm³/mol. The molecular weight excluding hydrogens is 494 g/mol. The van der Waals surface area contributed by atoms with E-state index < -0.39 is 11.7 Å². The Morgan fingerprint density at radius 2 is 1.41 bits per heavy atom. The summed E-state index contributed by atoms with van der Waals surface area (Å²) >= 11 is 0. The van der Waals surface area contributed by atoms with Gasteiger partial charge in [-0.2, -0.15) is 0 Å². The summed E-state index contributed by atoms with van der Waals surface area (Å²) in [7, 11) is 0. The van der Waals surface area contributed by atoms with E-state index >= 15 is 0 Å². The highest BCUT2D eigenvalue weighted by molar-refractivity contribution is 5.80. The van der Waals surface area contributed by atoms with Crippen molar-refractivity contribution in [1.29, 1.82) is 0 Å². The van der Waals surface area contributed by atoms with E-state index in [0.29, 0.717) is 6.54 Å². The van der Waals surface area contributed by atoms with Gasteiger partial charge in [0.1, 0.15) is 5.60 Å². The fraction of sp³-hybridized carbons (Fsp3) is 0.519. The second-order valence-electron chi connectivity index (χ2n) is 11.7. The highest BCUT2D eigenvalue weighted by atomic mass is 79.9. The van der Waals surface area contributed by atoms with Crippen molar-refractivity contribution in [3.8, 4) is 0 Å². The van der Waals surface area contributed by atoms with Gasteiger partial charge >= 0.3 is 6.09 Å². The van der Waals surface area contributed by atoms with Gasteiger partial charge in [-0.05, 0) is 60.9 Å². The SMILES string of the molecule is CC(C)(C)OC(=O)NNC(=O)Cc1ccc[n+](Cc2cc(C(C)(C)C)cc(C(C)(C)C)c2)c1.[Br-]. The van der Waals surface area contributed by atoms with Crippen LogP contribution in [-0.4, -0.2) is 17.6 Å². The fourth-order valence-electron chi connectivity index (χ4n) is 3.29. The van der Waals surface area contributed by atoms with Crippen LogP contribution in [0.4, 0.5) is 4.79 Å². The van der Waals surface area contributed by atoms with E-state index in [1.54, 1.807) is 20.8 Å². The Morgan fingerprint density at radius 3 is 1.91 bits per heavy atom. The van der Waals surface area contributed by atoms with E-state index in [4.69, 9.17) is 4.74 Å². The van der Waals surface area contributed by atoms with E-state index in [2.05, 4.69) is 75.2 Å². The number of benzene rings is 1. The number of aromatic nitrogens is 1. The zero-order valence-electron chi connectivity index (χ0n) is 22.0. The van der Waals surface area contributed by atoms with Crippen molar-refractivity contribution in [3.05, 3.63) is 65.0 Å². The second-order valence-corrected chi connectivity index (χ2v) is 11.7. The molecule has 2 aromatic rings. The van der Waals surface area contributed by atoms with Crippen LogP contribution in [0.25, 0.3) is 0 Å². The normalized spacial score (nSPS) is 11.9. The average molecular weight is 535 g/mol. The van der Waals surface area contributed by atoms with Crippen molar-refractivity contribution in [2.45, 2.75) is 91.7 Å². The predicted octanol–water partition coefficient (Wildman–Crippen LogP) is 1.72. The summed E-state index contributed by atoms with van der Waals surface area (Å²) in [6.45, 7) is 19.4. The zero-order valence-corrected chi connectivity index (χ0v) is 23.6. The van der Waals surface area contributed by atoms with Crippen molar-refractivity contribution in [3.63, 3.8) is 0 Å². The van der Waals surface area contributed by atoms with Gasteiger partial charge < -0.3 is 21.7 Å². The number of hydrogen-bond donors (Lipinski definition) is 2. The molecule has 0 atom stereocenters. The van der Waals surface area contributed by atoms with E-state index in [1.165, 1.54) is 16.7 Å². The molecule has 2 amide bonds. The first-order valence-corrected chi connectivity index (χ1v) is 11.4. The van der Waals surface area contributed by atoms with Crippen LogP contribution in [0.1, 0.15) is 84.6 Å². The number of pyridine rings is 1. The molecule has 0 fully saturated rings. The van der Waals surface area contributed by atoms with Gasteiger partial charge in [-0.1, -0.05) is 47.6 Å². The number of carbonyl (C=O) groups excluding carboxylic acids is 2. The Bertz CT molecular complexity index is 967. The Labute approximate surface area is 215 Å². The molecule has 2 N–H and O–H groups in total. The molecule has 6 nitrogen and oxygen atoms in total. The molecule has 0 saturated heterocycles. The van der Waals surface area contributed by atoms with E-state index in [-0.39, 0.29) is 40.1 Å². The molecule has 1 aromatic heterocycles. The standard InChI is InChI=1S/C27H39N3O3.BrH/c1-25(2,3)21-13-20(14-22(16-21)26(4,5)6)18-30-12-10-11-19(17-30)15-23(31)28-29-24(32)33-27(7,8)9;/h10-14,16-17H,15,18H2,1-9H3,(H-,28,29,31,32);1H. The molecule has 0 unspecified atom stereocenters. The Kier molecular flexibility index (Phi) is 9.88. The minimum absolute atomic E-state index is 0. The first-order chi connectivity index (χ1) is 15.0. The van der Waals surface area contributed by atoms with Crippen molar-refractivity contribution in [1.82, 2.24) is 10.9 Å². The largest absolute Gasteiger partial charge is 1.00 e. The van der Waals surface area contributed by atoms with Crippen molar-refractivity contribution in [2.24, 2.45) is 0 Å². The quantitative estimate of drug-likeness (QED) is 0.464. The van der Waals surface area contributed by atoms with Gasteiger partial charge in [-0.15, -0.1) is 0 Å². The monoisotopic (exact) mass is 533 g/mol. The lowest BCUT2D eigenvalue weighted by molar-refractivity contribution is -0.688. The van der Waals surface area contributed by atoms with Crippen molar-refractivity contribution in [2.75, 3.05) is 0 Å². The first kappa shape index (κ1) is 29.6. The summed E-state index contributed by atoms with van der Waals surface area (Å²) in [6.07, 6.45) is 3.42. The maximum Gasteiger partial charge on any atom is 0.426 e. The third-order valence-corrected chi connectivity index (χ3v) is 5.08. The highest BCUT2D eigenvalue weighted by Gasteiger charge is 2.22. The minimum atomic E-state index is -0.688. The molecule has 0 bridgehead atoms. The fourth-order valence-corrected chi connectivity index (χ4v) is 3.29. The molecule has 34 heavy (non-hydrogen) atoms. The van der Waals surface area contributed by atoms with Gasteiger partial charge in [-0.25, -0.2) is 14.8 Å². The van der Waals surface area contributed by atoms with Crippen LogP contribution in [0, 0.1) is 0 Å². The lowest BCUT2D eigenvalue weighted by Gasteiger charge is -2.25. The molecule has 0 saturated carbocycles. The molecular formula is C27H40BrN3O3. The molecule has 0 aliphatic rings. The average Bonchev–Trinajstić information content (AvgIpc) is 2.64. The van der Waals surface area contributed by atoms with Crippen LogP contribution in [0.3, 0.4) is 0 Å². The molecule has 0 aliphatic carbocycles. The number of nitrogens with one attached hydrogen (secondary N) is 2. The number of ether oxygens (including phenoxy) is 1. The van der Waals surface area contributed by atoms with E-state index in [9.17, 15) is 9.59 Å². The third kappa shape index (κ3) is 9.84. The number of amides is 2. The molecule has 1 heterocycles. The van der Waals surface area contributed by atoms with Crippen molar-refractivity contribution >= 4 is 12.0 Å². The van der Waals surface area contributed by atoms with Crippen LogP contribution in [-0.2, 0) is 33.3 Å². The maximum atomic E-state index is 12.3. The Balaban J connectivity index is 0.00000578. The van der Waals surface area contributed by atoms with Gasteiger partial charge in [-0.3, -0.25) is 10.2 Å². The van der Waals surface area contributed by atoms with Crippen LogP contribution in [0.2, 0.25) is 0 Å². The first-order valence-electron chi connectivity index (χ1n) is 11.4. The van der Waals surface area contributed by atoms with E-state index in [1.807, 2.05) is 24.5 Å². The molecule has 188 valence electrons. The van der Waals surface area contributed by atoms with Gasteiger partial charge in [0.15, 0.2) is 18.9 Å². The van der Waals surface area contributed by atoms with Crippen LogP contribution >= 0.6 is 0 Å². The van der Waals surface area contributed by atoms with Crippen LogP contribution < -0.4 is 32.4 Å². The molecule has 0 radical (unpaired) electrons. The lowest BCUT2D eigenvalue weighted by atomic mass is 9.79. The highest BCUT2D eigenvalue weighted by Crippen LogP contribution is 2.30.